The fourth-order valence-corrected chi connectivity index (χ4v) is 14.4. The van der Waals surface area contributed by atoms with Gasteiger partial charge in [0.1, 0.15) is 0 Å². The molecule has 0 aromatic heterocycles. The topological polar surface area (TPSA) is 72.8 Å². The molecule has 0 unspecified atom stereocenters. The van der Waals surface area contributed by atoms with Crippen molar-refractivity contribution >= 4 is 16.9 Å². The molecule has 1 aromatic carbocycles. The van der Waals surface area contributed by atoms with Gasteiger partial charge in [-0.3, -0.25) is 0 Å². The summed E-state index contributed by atoms with van der Waals surface area (Å²) in [4.78, 5) is 0.173. The van der Waals surface area contributed by atoms with Gasteiger partial charge in [-0.2, -0.15) is 0 Å². The molecular formula is C20H37O5PS. The van der Waals surface area contributed by atoms with Gasteiger partial charge in [0.25, 0.3) is 0 Å². The maximum absolute atomic E-state index is 13.2. The van der Waals surface area contributed by atoms with Crippen molar-refractivity contribution < 1.29 is 22.2 Å². The zero-order chi connectivity index (χ0) is 20.4. The molecule has 0 saturated carbocycles. The summed E-state index contributed by atoms with van der Waals surface area (Å²) in [6, 6.07) is 6.28. The molecular weight excluding hydrogens is 383 g/mol. The van der Waals surface area contributed by atoms with E-state index in [0.29, 0.717) is 5.75 Å². The van der Waals surface area contributed by atoms with Gasteiger partial charge in [-0.05, 0) is 0 Å². The van der Waals surface area contributed by atoms with Crippen molar-refractivity contribution in [3.8, 4) is 5.75 Å². The minimum absolute atomic E-state index is 0.0835. The van der Waals surface area contributed by atoms with Crippen LogP contribution in [0.15, 0.2) is 29.2 Å². The van der Waals surface area contributed by atoms with Crippen LogP contribution in [0.5, 0.6) is 5.75 Å². The molecule has 5 nitrogen and oxygen atoms in total. The third kappa shape index (κ3) is 6.42. The number of hydrogen-bond donors (Lipinski definition) is 1. The molecule has 0 atom stereocenters. The second kappa shape index (κ2) is 10.8. The van der Waals surface area contributed by atoms with E-state index in [-0.39, 0.29) is 18.1 Å². The van der Waals surface area contributed by atoms with Crippen molar-refractivity contribution in [1.29, 1.82) is 0 Å². The first-order valence-corrected chi connectivity index (χ1v) is 14.4. The fraction of sp³-hybridized carbons (Fsp3) is 0.700. The second-order valence-electron chi connectivity index (χ2n) is 7.32. The Hall–Kier alpha value is -0.680. The van der Waals surface area contributed by atoms with Gasteiger partial charge in [-0.25, -0.2) is 0 Å². The summed E-state index contributed by atoms with van der Waals surface area (Å²) in [7, 11) is -3.85. The molecule has 158 valence electrons. The van der Waals surface area contributed by atoms with E-state index in [4.69, 9.17) is 13.8 Å². The van der Waals surface area contributed by atoms with Crippen LogP contribution in [-0.2, 0) is 14.1 Å². The average molecular weight is 421 g/mol. The Balaban J connectivity index is 3.27. The van der Waals surface area contributed by atoms with Crippen LogP contribution in [-0.4, -0.2) is 51.4 Å². The Morgan fingerprint density at radius 1 is 0.852 bits per heavy atom. The normalized spacial score (nSPS) is 13.9. The number of aliphatic hydroxyl groups is 1. The summed E-state index contributed by atoms with van der Waals surface area (Å²) in [5.74, 6) is 0.532. The van der Waals surface area contributed by atoms with Gasteiger partial charge in [0.2, 0.25) is 0 Å². The quantitative estimate of drug-likeness (QED) is 0.435. The molecule has 0 heterocycles. The van der Waals surface area contributed by atoms with Crippen LogP contribution in [0.4, 0.5) is 0 Å². The van der Waals surface area contributed by atoms with E-state index in [1.807, 2.05) is 0 Å². The molecule has 0 bridgehead atoms. The molecule has 0 aliphatic rings. The van der Waals surface area contributed by atoms with E-state index in [0.717, 1.165) is 50.3 Å². The molecule has 0 aliphatic carbocycles. The Bertz CT molecular complexity index is 622. The summed E-state index contributed by atoms with van der Waals surface area (Å²) < 4.78 is 38.0. The first-order chi connectivity index (χ1) is 12.8. The molecule has 1 aromatic rings. The van der Waals surface area contributed by atoms with Crippen LogP contribution in [0.3, 0.4) is 0 Å². The van der Waals surface area contributed by atoms with E-state index >= 15 is 0 Å². The average Bonchev–Trinajstić information content (AvgIpc) is 2.61. The van der Waals surface area contributed by atoms with Gasteiger partial charge in [0.05, 0.1) is 0 Å². The summed E-state index contributed by atoms with van der Waals surface area (Å²) >= 11 is 0. The Morgan fingerprint density at radius 2 is 1.30 bits per heavy atom. The van der Waals surface area contributed by atoms with E-state index < -0.39 is 16.9 Å². The number of benzene rings is 1. The van der Waals surface area contributed by atoms with Gasteiger partial charge in [0.15, 0.2) is 0 Å². The van der Waals surface area contributed by atoms with Gasteiger partial charge >= 0.3 is 165 Å². The number of ether oxygens (including phenoxy) is 1. The molecule has 0 radical (unpaired) electrons. The van der Waals surface area contributed by atoms with Crippen molar-refractivity contribution in [1.82, 2.24) is 0 Å². The van der Waals surface area contributed by atoms with Crippen molar-refractivity contribution in [3.63, 3.8) is 0 Å². The predicted octanol–water partition coefficient (Wildman–Crippen LogP) is 4.87. The van der Waals surface area contributed by atoms with Gasteiger partial charge in [-0.15, -0.1) is 0 Å². The summed E-state index contributed by atoms with van der Waals surface area (Å²) in [5, 5.41) is 8.83. The van der Waals surface area contributed by atoms with E-state index in [2.05, 4.69) is 27.7 Å². The zero-order valence-electron chi connectivity index (χ0n) is 17.3. The predicted molar refractivity (Wildman–Crippen MR) is 115 cm³/mol. The van der Waals surface area contributed by atoms with Crippen LogP contribution < -0.4 is 4.74 Å². The van der Waals surface area contributed by atoms with Crippen molar-refractivity contribution in [3.05, 3.63) is 24.3 Å². The SMILES string of the molecule is CCCP(CCC)(CCC)(CCC)OS(=O)(=O)c1ccc(OCCO)cc1. The molecule has 0 aliphatic heterocycles. The second-order valence-corrected chi connectivity index (χ2v) is 14.8. The van der Waals surface area contributed by atoms with Gasteiger partial charge < -0.3 is 0 Å². The molecule has 0 saturated heterocycles. The first-order valence-electron chi connectivity index (χ1n) is 10.1. The van der Waals surface area contributed by atoms with E-state index in [1.54, 1.807) is 12.1 Å². The van der Waals surface area contributed by atoms with Crippen molar-refractivity contribution in [2.45, 2.75) is 58.3 Å². The number of rotatable bonds is 14. The maximum atomic E-state index is 13.2. The summed E-state index contributed by atoms with van der Waals surface area (Å²) in [6.45, 7) is 5.72. The minimum atomic E-state index is -3.85. The summed E-state index contributed by atoms with van der Waals surface area (Å²) in [6.07, 6.45) is 7.16. The number of aliphatic hydroxyl groups excluding tert-OH is 1. The summed E-state index contributed by atoms with van der Waals surface area (Å²) in [5.41, 5.74) is 0. The molecule has 0 spiro atoms. The molecule has 27 heavy (non-hydrogen) atoms. The van der Waals surface area contributed by atoms with Gasteiger partial charge in [0, 0.05) is 0 Å². The van der Waals surface area contributed by atoms with Crippen LogP contribution in [0.25, 0.3) is 0 Å². The molecule has 1 rings (SSSR count). The Labute approximate surface area is 165 Å². The third-order valence-electron chi connectivity index (χ3n) is 4.94. The Kier molecular flexibility index (Phi) is 9.70. The van der Waals surface area contributed by atoms with Crippen LogP contribution in [0.1, 0.15) is 53.4 Å². The third-order valence-corrected chi connectivity index (χ3v) is 14.6. The number of hydrogen-bond acceptors (Lipinski definition) is 5. The van der Waals surface area contributed by atoms with E-state index in [9.17, 15) is 8.42 Å². The Morgan fingerprint density at radius 3 is 1.67 bits per heavy atom. The fourth-order valence-electron chi connectivity index (χ4n) is 4.27. The van der Waals surface area contributed by atoms with Crippen LogP contribution in [0, 0.1) is 0 Å². The molecule has 0 amide bonds. The zero-order valence-corrected chi connectivity index (χ0v) is 19.0. The molecule has 7 heteroatoms. The monoisotopic (exact) mass is 420 g/mol. The standard InChI is InChI=1S/C20H37O5PS/c1-5-15-26(16-6-2,17-7-3,18-8-4)25-27(22,23)20-11-9-19(10-12-20)24-14-13-21/h9-12,21H,5-8,13-18H2,1-4H3. The van der Waals surface area contributed by atoms with Crippen molar-refractivity contribution in [2.75, 3.05) is 37.9 Å². The van der Waals surface area contributed by atoms with Gasteiger partial charge in [-0.1, -0.05) is 0 Å². The van der Waals surface area contributed by atoms with E-state index in [1.165, 1.54) is 12.1 Å². The van der Waals surface area contributed by atoms with Crippen LogP contribution >= 0.6 is 6.83 Å². The first kappa shape index (κ1) is 24.4. The van der Waals surface area contributed by atoms with Crippen LogP contribution in [0.2, 0.25) is 0 Å². The molecule has 1 N–H and O–H groups in total. The molecule has 0 fully saturated rings. The van der Waals surface area contributed by atoms with Crippen molar-refractivity contribution in [2.24, 2.45) is 0 Å².